The van der Waals surface area contributed by atoms with E-state index in [2.05, 4.69) is 33.3 Å². The molecule has 2 aromatic carbocycles. The fraction of sp³-hybridized carbons (Fsp3) is 0.304. The molecule has 1 aromatic heterocycles. The maximum Gasteiger partial charge on any atom is 0.270 e. The lowest BCUT2D eigenvalue weighted by Gasteiger charge is -2.15. The molecule has 0 bridgehead atoms. The molecule has 0 aliphatic heterocycles. The van der Waals surface area contributed by atoms with E-state index in [1.807, 2.05) is 6.07 Å². The van der Waals surface area contributed by atoms with Gasteiger partial charge in [-0.05, 0) is 44.2 Å². The van der Waals surface area contributed by atoms with Crippen molar-refractivity contribution in [2.75, 3.05) is 0 Å². The number of para-hydroxylation sites is 1. The first kappa shape index (κ1) is 19.8. The van der Waals surface area contributed by atoms with E-state index in [9.17, 15) is 14.9 Å². The Morgan fingerprint density at radius 3 is 2.80 bits per heavy atom. The van der Waals surface area contributed by atoms with Crippen LogP contribution in [0.3, 0.4) is 0 Å². The van der Waals surface area contributed by atoms with Crippen LogP contribution in [-0.2, 0) is 24.2 Å². The van der Waals surface area contributed by atoms with Crippen molar-refractivity contribution in [1.29, 1.82) is 0 Å². The SMILES string of the molecule is C/C(=N/NC(=O)CCn1c2c(c3ccccc31)CCCC2)c1cccc([N+](=O)[O-])c1. The van der Waals surface area contributed by atoms with E-state index in [0.717, 1.165) is 12.8 Å². The van der Waals surface area contributed by atoms with Gasteiger partial charge < -0.3 is 4.57 Å². The van der Waals surface area contributed by atoms with Gasteiger partial charge in [-0.3, -0.25) is 14.9 Å². The lowest BCUT2D eigenvalue weighted by Crippen LogP contribution is -2.21. The third kappa shape index (κ3) is 3.96. The van der Waals surface area contributed by atoms with Gasteiger partial charge in [0, 0.05) is 47.3 Å². The van der Waals surface area contributed by atoms with E-state index < -0.39 is 4.92 Å². The van der Waals surface area contributed by atoms with Crippen LogP contribution in [0.25, 0.3) is 10.9 Å². The van der Waals surface area contributed by atoms with Crippen LogP contribution in [0.15, 0.2) is 53.6 Å². The number of hydrazone groups is 1. The third-order valence-corrected chi connectivity index (χ3v) is 5.67. The van der Waals surface area contributed by atoms with Gasteiger partial charge in [0.2, 0.25) is 5.91 Å². The molecule has 30 heavy (non-hydrogen) atoms. The molecule has 1 heterocycles. The summed E-state index contributed by atoms with van der Waals surface area (Å²) in [6.07, 6.45) is 4.86. The fourth-order valence-corrected chi connectivity index (χ4v) is 4.17. The first-order valence-electron chi connectivity index (χ1n) is 10.2. The Balaban J connectivity index is 1.45. The van der Waals surface area contributed by atoms with Gasteiger partial charge in [-0.2, -0.15) is 5.10 Å². The number of nitrogens with zero attached hydrogens (tertiary/aromatic N) is 3. The monoisotopic (exact) mass is 404 g/mol. The number of aryl methyl sites for hydroxylation is 2. The van der Waals surface area contributed by atoms with Crippen molar-refractivity contribution >= 4 is 28.2 Å². The zero-order valence-electron chi connectivity index (χ0n) is 16.9. The number of aromatic nitrogens is 1. The smallest absolute Gasteiger partial charge is 0.270 e. The second-order valence-corrected chi connectivity index (χ2v) is 7.59. The lowest BCUT2D eigenvalue weighted by atomic mass is 9.95. The Morgan fingerprint density at radius 1 is 1.17 bits per heavy atom. The summed E-state index contributed by atoms with van der Waals surface area (Å²) in [6.45, 7) is 2.32. The maximum atomic E-state index is 12.4. The first-order valence-corrected chi connectivity index (χ1v) is 10.2. The number of rotatable bonds is 6. The molecule has 7 heteroatoms. The van der Waals surface area contributed by atoms with E-state index in [0.29, 0.717) is 24.2 Å². The Morgan fingerprint density at radius 2 is 1.97 bits per heavy atom. The van der Waals surface area contributed by atoms with Crippen molar-refractivity contribution in [3.8, 4) is 0 Å². The van der Waals surface area contributed by atoms with E-state index in [-0.39, 0.29) is 11.6 Å². The van der Waals surface area contributed by atoms with Crippen LogP contribution in [0.4, 0.5) is 5.69 Å². The molecular weight excluding hydrogens is 380 g/mol. The minimum Gasteiger partial charge on any atom is -0.344 e. The van der Waals surface area contributed by atoms with Gasteiger partial charge in [0.05, 0.1) is 10.6 Å². The number of carbonyl (C=O) groups is 1. The number of non-ortho nitro benzene ring substituents is 1. The van der Waals surface area contributed by atoms with Crippen molar-refractivity contribution in [1.82, 2.24) is 9.99 Å². The van der Waals surface area contributed by atoms with Crippen molar-refractivity contribution in [3.05, 3.63) is 75.5 Å². The molecule has 1 amide bonds. The number of hydrogen-bond donors (Lipinski definition) is 1. The van der Waals surface area contributed by atoms with Crippen molar-refractivity contribution < 1.29 is 9.72 Å². The van der Waals surface area contributed by atoms with Crippen LogP contribution in [0.1, 0.15) is 43.0 Å². The van der Waals surface area contributed by atoms with Crippen molar-refractivity contribution in [3.63, 3.8) is 0 Å². The number of hydrogen-bond acceptors (Lipinski definition) is 4. The Kier molecular flexibility index (Phi) is 5.61. The van der Waals surface area contributed by atoms with Crippen LogP contribution in [0, 0.1) is 10.1 Å². The maximum absolute atomic E-state index is 12.4. The van der Waals surface area contributed by atoms with Crippen LogP contribution < -0.4 is 5.43 Å². The van der Waals surface area contributed by atoms with Gasteiger partial charge in [0.25, 0.3) is 5.69 Å². The zero-order valence-corrected chi connectivity index (χ0v) is 16.9. The normalized spacial score (nSPS) is 13.8. The van der Waals surface area contributed by atoms with Gasteiger partial charge in [-0.15, -0.1) is 0 Å². The number of carbonyl (C=O) groups excluding carboxylic acids is 1. The average Bonchev–Trinajstić information content (AvgIpc) is 3.10. The minimum atomic E-state index is -0.447. The summed E-state index contributed by atoms with van der Waals surface area (Å²) >= 11 is 0. The second-order valence-electron chi connectivity index (χ2n) is 7.59. The topological polar surface area (TPSA) is 89.5 Å². The highest BCUT2D eigenvalue weighted by Gasteiger charge is 2.19. The number of benzene rings is 2. The third-order valence-electron chi connectivity index (χ3n) is 5.67. The molecule has 3 aromatic rings. The van der Waals surface area contributed by atoms with Crippen LogP contribution >= 0.6 is 0 Å². The highest BCUT2D eigenvalue weighted by atomic mass is 16.6. The first-order chi connectivity index (χ1) is 14.5. The summed E-state index contributed by atoms with van der Waals surface area (Å²) in [4.78, 5) is 22.9. The van der Waals surface area contributed by atoms with E-state index in [1.165, 1.54) is 47.1 Å². The van der Waals surface area contributed by atoms with Crippen LogP contribution in [0.5, 0.6) is 0 Å². The summed E-state index contributed by atoms with van der Waals surface area (Å²) < 4.78 is 2.28. The molecule has 0 saturated heterocycles. The number of nitrogens with one attached hydrogen (secondary N) is 1. The van der Waals surface area contributed by atoms with Gasteiger partial charge in [-0.1, -0.05) is 30.3 Å². The molecule has 7 nitrogen and oxygen atoms in total. The number of nitro groups is 1. The van der Waals surface area contributed by atoms with Gasteiger partial charge in [0.1, 0.15) is 0 Å². The highest BCUT2D eigenvalue weighted by molar-refractivity contribution is 5.99. The van der Waals surface area contributed by atoms with Crippen molar-refractivity contribution in [2.45, 2.75) is 45.6 Å². The quantitative estimate of drug-likeness (QED) is 0.376. The molecule has 4 rings (SSSR count). The largest absolute Gasteiger partial charge is 0.344 e. The number of fused-ring (bicyclic) bond motifs is 3. The zero-order chi connectivity index (χ0) is 21.1. The molecule has 1 N–H and O–H groups in total. The predicted octanol–water partition coefficient (Wildman–Crippen LogP) is 4.36. The molecule has 154 valence electrons. The number of amides is 1. The second kappa shape index (κ2) is 8.49. The average molecular weight is 404 g/mol. The summed E-state index contributed by atoms with van der Waals surface area (Å²) in [5.41, 5.74) is 7.68. The molecule has 0 unspecified atom stereocenters. The molecule has 1 aliphatic rings. The lowest BCUT2D eigenvalue weighted by molar-refractivity contribution is -0.384. The number of nitro benzene ring substituents is 1. The van der Waals surface area contributed by atoms with Crippen LogP contribution in [0.2, 0.25) is 0 Å². The summed E-state index contributed by atoms with van der Waals surface area (Å²) in [5, 5.41) is 16.4. The Labute approximate surface area is 174 Å². The minimum absolute atomic E-state index is 0.00219. The van der Waals surface area contributed by atoms with E-state index in [1.54, 1.807) is 19.1 Å². The van der Waals surface area contributed by atoms with Crippen molar-refractivity contribution in [2.24, 2.45) is 5.10 Å². The van der Waals surface area contributed by atoms with Gasteiger partial charge >= 0.3 is 0 Å². The molecular formula is C23H24N4O3. The molecule has 0 radical (unpaired) electrons. The summed E-state index contributed by atoms with van der Waals surface area (Å²) in [5.74, 6) is -0.179. The predicted molar refractivity (Wildman–Crippen MR) is 117 cm³/mol. The standard InChI is InChI=1S/C23H24N4O3/c1-16(17-7-6-8-18(15-17)27(29)30)24-25-23(28)13-14-26-21-11-4-2-9-19(21)20-10-3-5-12-22(20)26/h2,4,6-9,11,15H,3,5,10,12-14H2,1H3,(H,25,28)/b24-16-. The molecule has 0 atom stereocenters. The van der Waals surface area contributed by atoms with Crippen LogP contribution in [-0.4, -0.2) is 21.1 Å². The van der Waals surface area contributed by atoms with E-state index in [4.69, 9.17) is 0 Å². The van der Waals surface area contributed by atoms with Gasteiger partial charge in [0.15, 0.2) is 0 Å². The Hall–Kier alpha value is -3.48. The molecule has 0 saturated carbocycles. The molecule has 1 aliphatic carbocycles. The molecule has 0 spiro atoms. The summed E-state index contributed by atoms with van der Waals surface area (Å²) in [7, 11) is 0. The summed E-state index contributed by atoms with van der Waals surface area (Å²) in [6, 6.07) is 14.6. The Bertz CT molecular complexity index is 1150. The fourth-order valence-electron chi connectivity index (χ4n) is 4.17. The molecule has 0 fully saturated rings. The van der Waals surface area contributed by atoms with Gasteiger partial charge in [-0.25, -0.2) is 5.43 Å². The van der Waals surface area contributed by atoms with E-state index >= 15 is 0 Å². The highest BCUT2D eigenvalue weighted by Crippen LogP contribution is 2.32.